The van der Waals surface area contributed by atoms with Crippen molar-refractivity contribution in [1.29, 1.82) is 0 Å². The van der Waals surface area contributed by atoms with Gasteiger partial charge >= 0.3 is 0 Å². The first-order valence-electron chi connectivity index (χ1n) is 22.1. The van der Waals surface area contributed by atoms with Crippen molar-refractivity contribution in [2.45, 2.75) is 89.8 Å². The Labute approximate surface area is 388 Å². The Morgan fingerprint density at radius 1 is 0.500 bits per heavy atom. The van der Waals surface area contributed by atoms with Crippen molar-refractivity contribution in [1.82, 2.24) is 20.4 Å². The number of carbonyl (C=O) groups is 4. The van der Waals surface area contributed by atoms with Gasteiger partial charge in [-0.2, -0.15) is 0 Å². The molecule has 352 valence electrons. The molecule has 0 bridgehead atoms. The summed E-state index contributed by atoms with van der Waals surface area (Å²) in [5.74, 6) is 2.55. The molecule has 0 aliphatic carbocycles. The molecule has 4 aromatic rings. The summed E-state index contributed by atoms with van der Waals surface area (Å²) in [4.78, 5) is 55.7. The molecule has 4 amide bonds. The number of fused-ring (bicyclic) bond motifs is 2. The van der Waals surface area contributed by atoms with Crippen molar-refractivity contribution < 1.29 is 47.6 Å². The zero-order valence-electron chi connectivity index (χ0n) is 39.7. The van der Waals surface area contributed by atoms with Crippen LogP contribution in [0.4, 0.5) is 0 Å². The molecule has 6 rings (SSSR count). The highest BCUT2D eigenvalue weighted by atomic mass is 16.5. The van der Waals surface area contributed by atoms with E-state index in [9.17, 15) is 19.2 Å². The largest absolute Gasteiger partial charge is 0.497 e. The van der Waals surface area contributed by atoms with Crippen molar-refractivity contribution in [2.24, 2.45) is 0 Å². The van der Waals surface area contributed by atoms with Gasteiger partial charge in [0.15, 0.2) is 0 Å². The van der Waals surface area contributed by atoms with Gasteiger partial charge in [-0.25, -0.2) is 0 Å². The average Bonchev–Trinajstić information content (AvgIpc) is 3.33. The van der Waals surface area contributed by atoms with Crippen LogP contribution in [0.3, 0.4) is 0 Å². The van der Waals surface area contributed by atoms with Crippen LogP contribution in [0.1, 0.15) is 97.3 Å². The van der Waals surface area contributed by atoms with Crippen LogP contribution in [0.25, 0.3) is 0 Å². The molecule has 14 nitrogen and oxygen atoms in total. The van der Waals surface area contributed by atoms with Gasteiger partial charge in [0, 0.05) is 50.2 Å². The van der Waals surface area contributed by atoms with Crippen LogP contribution in [-0.4, -0.2) is 100 Å². The van der Waals surface area contributed by atoms with Crippen LogP contribution < -0.4 is 39.1 Å². The van der Waals surface area contributed by atoms with Gasteiger partial charge in [-0.05, 0) is 89.1 Å². The Hall–Kier alpha value is -6.96. The second kappa shape index (κ2) is 23.8. The molecule has 66 heavy (non-hydrogen) atoms. The highest BCUT2D eigenvalue weighted by molar-refractivity contribution is 6.00. The van der Waals surface area contributed by atoms with Gasteiger partial charge in [-0.1, -0.05) is 48.6 Å². The fraction of sp³-hybridized carbons (Fsp3) is 0.385. The number of para-hydroxylation sites is 2. The fourth-order valence-electron chi connectivity index (χ4n) is 7.47. The van der Waals surface area contributed by atoms with E-state index in [0.717, 1.165) is 11.1 Å². The third-order valence-electron chi connectivity index (χ3n) is 11.7. The van der Waals surface area contributed by atoms with Gasteiger partial charge in [0.25, 0.3) is 11.8 Å². The minimum Gasteiger partial charge on any atom is -0.497 e. The molecule has 14 heteroatoms. The van der Waals surface area contributed by atoms with E-state index in [-0.39, 0.29) is 47.9 Å². The van der Waals surface area contributed by atoms with E-state index in [1.54, 1.807) is 105 Å². The Morgan fingerprint density at radius 3 is 1.23 bits per heavy atom. The molecule has 0 unspecified atom stereocenters. The molecule has 0 aromatic heterocycles. The normalized spacial score (nSPS) is 22.9. The lowest BCUT2D eigenvalue weighted by Crippen LogP contribution is -2.47. The highest BCUT2D eigenvalue weighted by Crippen LogP contribution is 2.34. The number of hydrogen-bond donors (Lipinski definition) is 2. The van der Waals surface area contributed by atoms with Crippen LogP contribution in [-0.2, 0) is 9.59 Å². The molecule has 0 saturated heterocycles. The van der Waals surface area contributed by atoms with Crippen LogP contribution in [0.2, 0.25) is 0 Å². The van der Waals surface area contributed by atoms with E-state index in [4.69, 9.17) is 28.4 Å². The van der Waals surface area contributed by atoms with Crippen molar-refractivity contribution in [3.05, 3.63) is 131 Å². The quantitative estimate of drug-likeness (QED) is 0.181. The number of methoxy groups -OCH3 is 4. The molecule has 4 aromatic carbocycles. The summed E-state index contributed by atoms with van der Waals surface area (Å²) in [6.07, 6.45) is 10.3. The van der Waals surface area contributed by atoms with Crippen molar-refractivity contribution in [3.8, 4) is 34.5 Å². The number of hydrogen-bond acceptors (Lipinski definition) is 10. The first-order chi connectivity index (χ1) is 31.7. The maximum Gasteiger partial charge on any atom is 0.258 e. The maximum absolute atomic E-state index is 13.2. The molecule has 0 spiro atoms. The van der Waals surface area contributed by atoms with Crippen LogP contribution in [0.15, 0.2) is 109 Å². The van der Waals surface area contributed by atoms with E-state index in [2.05, 4.69) is 10.6 Å². The first-order valence-corrected chi connectivity index (χ1v) is 22.1. The first kappa shape index (κ1) is 50.0. The Kier molecular flexibility index (Phi) is 18.1. The second-order valence-electron chi connectivity index (χ2n) is 16.3. The maximum atomic E-state index is 13.2. The monoisotopic (exact) mass is 904 g/mol. The van der Waals surface area contributed by atoms with E-state index < -0.39 is 12.1 Å². The number of nitrogens with one attached hydrogen (secondary N) is 2. The lowest BCUT2D eigenvalue weighted by Gasteiger charge is -2.28. The molecule has 0 fully saturated rings. The SMILES string of the molecule is COc1ccc([C@H]2C/C=C/C[C@@H](C)Oc3ccccc3C(=O)N(C)[C@H](C)C(=O)N2)c(OC)c1.COc1ccc([C@H]2C/C=C\C[C@@H](C)Oc3ccccc3C(=O)N(C)[C@H](C)C(=O)N2)c(OC)c1. The minimum atomic E-state index is -0.693. The van der Waals surface area contributed by atoms with Gasteiger partial charge in [-0.3, -0.25) is 19.2 Å². The molecule has 2 aliphatic rings. The van der Waals surface area contributed by atoms with E-state index in [1.807, 2.05) is 74.5 Å². The number of ether oxygens (including phenoxy) is 6. The molecular formula is C52H64N4O10. The van der Waals surface area contributed by atoms with Gasteiger partial charge in [0.05, 0.1) is 63.9 Å². The van der Waals surface area contributed by atoms with Gasteiger partial charge in [0.1, 0.15) is 46.6 Å². The summed E-state index contributed by atoms with van der Waals surface area (Å²) in [6, 6.07) is 23.2. The predicted molar refractivity (Wildman–Crippen MR) is 254 cm³/mol. The summed E-state index contributed by atoms with van der Waals surface area (Å²) >= 11 is 0. The molecule has 0 saturated carbocycles. The third-order valence-corrected chi connectivity index (χ3v) is 11.7. The summed E-state index contributed by atoms with van der Waals surface area (Å²) in [5, 5.41) is 6.20. The second-order valence-corrected chi connectivity index (χ2v) is 16.3. The Balaban J connectivity index is 0.000000247. The minimum absolute atomic E-state index is 0.121. The average molecular weight is 905 g/mol. The van der Waals surface area contributed by atoms with Crippen LogP contribution in [0.5, 0.6) is 34.5 Å². The number of benzene rings is 4. The predicted octanol–water partition coefficient (Wildman–Crippen LogP) is 8.28. The molecule has 2 heterocycles. The van der Waals surface area contributed by atoms with Gasteiger partial charge in [-0.15, -0.1) is 0 Å². The molecule has 0 radical (unpaired) electrons. The standard InChI is InChI=1S/2C26H32N2O5/c2*1-17-10-6-8-12-22(20-15-14-19(31-4)16-24(20)32-5)27-25(29)18(2)28(3)26(30)21-11-7-9-13-23(21)33-17/h2*6-9,11,13-18,22H,10,12H2,1-5H3,(H,27,29)/b8-6+;8-6-/t2*17-,18-,22-/m11/s1. The number of rotatable bonds is 6. The number of nitrogens with zero attached hydrogens (tertiary/aromatic N) is 2. The molecule has 6 atom stereocenters. The Morgan fingerprint density at radius 2 is 0.864 bits per heavy atom. The molecular weight excluding hydrogens is 841 g/mol. The van der Waals surface area contributed by atoms with E-state index in [1.165, 1.54) is 9.80 Å². The highest BCUT2D eigenvalue weighted by Gasteiger charge is 2.30. The number of carbonyl (C=O) groups excluding carboxylic acids is 4. The topological polar surface area (TPSA) is 154 Å². The lowest BCUT2D eigenvalue weighted by atomic mass is 10.0. The summed E-state index contributed by atoms with van der Waals surface area (Å²) < 4.78 is 33.9. The van der Waals surface area contributed by atoms with Gasteiger partial charge in [0.2, 0.25) is 11.8 Å². The van der Waals surface area contributed by atoms with Crippen molar-refractivity contribution in [2.75, 3.05) is 42.5 Å². The summed E-state index contributed by atoms with van der Waals surface area (Å²) in [5.41, 5.74) is 2.53. The van der Waals surface area contributed by atoms with Crippen LogP contribution in [0, 0.1) is 0 Å². The molecule has 2 N–H and O–H groups in total. The lowest BCUT2D eigenvalue weighted by molar-refractivity contribution is -0.126. The van der Waals surface area contributed by atoms with Gasteiger partial charge < -0.3 is 48.9 Å². The number of likely N-dealkylation sites (N-methyl/N-ethyl adjacent to an activating group) is 2. The number of amides is 4. The van der Waals surface area contributed by atoms with Crippen molar-refractivity contribution >= 4 is 23.6 Å². The smallest absolute Gasteiger partial charge is 0.258 e. The fourth-order valence-corrected chi connectivity index (χ4v) is 7.47. The third kappa shape index (κ3) is 12.6. The zero-order chi connectivity index (χ0) is 47.9. The van der Waals surface area contributed by atoms with Crippen molar-refractivity contribution in [3.63, 3.8) is 0 Å². The Bertz CT molecular complexity index is 2200. The summed E-state index contributed by atoms with van der Waals surface area (Å²) in [7, 11) is 9.62. The zero-order valence-corrected chi connectivity index (χ0v) is 39.7. The summed E-state index contributed by atoms with van der Waals surface area (Å²) in [6.45, 7) is 7.36. The van der Waals surface area contributed by atoms with E-state index in [0.29, 0.717) is 71.3 Å². The molecule has 2 aliphatic heterocycles. The van der Waals surface area contributed by atoms with Crippen LogP contribution >= 0.6 is 0 Å². The van der Waals surface area contributed by atoms with E-state index >= 15 is 0 Å².